The molecule has 6 nitrogen and oxygen atoms in total. The predicted octanol–water partition coefficient (Wildman–Crippen LogP) is 0.685. The number of halogens is 1. The van der Waals surface area contributed by atoms with Gasteiger partial charge in [-0.25, -0.2) is 9.97 Å². The van der Waals surface area contributed by atoms with Crippen molar-refractivity contribution >= 4 is 23.7 Å². The van der Waals surface area contributed by atoms with E-state index in [9.17, 15) is 4.79 Å². The molecule has 1 aliphatic rings. The highest BCUT2D eigenvalue weighted by Gasteiger charge is 2.18. The maximum absolute atomic E-state index is 10.9. The zero-order valence-corrected chi connectivity index (χ0v) is 10.9. The third-order valence-corrected chi connectivity index (χ3v) is 3.09. The lowest BCUT2D eigenvalue weighted by Gasteiger charge is -2.30. The fourth-order valence-electron chi connectivity index (χ4n) is 1.82. The van der Waals surface area contributed by atoms with Crippen LogP contribution in [0.4, 0.5) is 5.82 Å². The number of carbonyl (C=O) groups excluding carboxylic acids is 1. The average molecular weight is 271 g/mol. The molecule has 1 atom stereocenters. The van der Waals surface area contributed by atoms with Crippen LogP contribution in [0.2, 0.25) is 5.15 Å². The number of carbonyl (C=O) groups is 1. The predicted molar refractivity (Wildman–Crippen MR) is 68.2 cm³/mol. The van der Waals surface area contributed by atoms with E-state index in [1.165, 1.54) is 6.33 Å². The van der Waals surface area contributed by atoms with Gasteiger partial charge in [0.05, 0.1) is 18.3 Å². The molecule has 0 bridgehead atoms. The number of anilines is 1. The summed E-state index contributed by atoms with van der Waals surface area (Å²) in [5.74, 6) is 0.446. The molecular weight excluding hydrogens is 256 g/mol. The lowest BCUT2D eigenvalue weighted by Crippen LogP contribution is -2.43. The maximum Gasteiger partial charge on any atom is 0.156 e. The number of rotatable bonds is 4. The van der Waals surface area contributed by atoms with E-state index in [0.717, 1.165) is 13.1 Å². The van der Waals surface area contributed by atoms with Crippen molar-refractivity contribution in [2.75, 3.05) is 38.6 Å². The van der Waals surface area contributed by atoms with Crippen molar-refractivity contribution in [1.29, 1.82) is 0 Å². The van der Waals surface area contributed by atoms with Gasteiger partial charge in [-0.05, 0) is 7.05 Å². The van der Waals surface area contributed by atoms with Crippen molar-refractivity contribution in [2.45, 2.75) is 6.10 Å². The summed E-state index contributed by atoms with van der Waals surface area (Å²) < 4.78 is 5.60. The first kappa shape index (κ1) is 13.2. The molecule has 0 aromatic carbocycles. The monoisotopic (exact) mass is 270 g/mol. The van der Waals surface area contributed by atoms with E-state index in [4.69, 9.17) is 16.3 Å². The fourth-order valence-corrected chi connectivity index (χ4v) is 2.00. The van der Waals surface area contributed by atoms with Crippen LogP contribution in [0.5, 0.6) is 0 Å². The number of likely N-dealkylation sites (N-methyl/N-ethyl adjacent to an activating group) is 1. The summed E-state index contributed by atoms with van der Waals surface area (Å²) in [7, 11) is 2.05. The smallest absolute Gasteiger partial charge is 0.156 e. The molecule has 2 rings (SSSR count). The minimum Gasteiger partial charge on any atom is -0.374 e. The summed E-state index contributed by atoms with van der Waals surface area (Å²) in [5.41, 5.74) is 0.281. The molecular formula is C11H15ClN4O2. The van der Waals surface area contributed by atoms with E-state index in [0.29, 0.717) is 25.3 Å². The van der Waals surface area contributed by atoms with Gasteiger partial charge < -0.3 is 15.0 Å². The molecule has 7 heteroatoms. The van der Waals surface area contributed by atoms with Gasteiger partial charge in [0.15, 0.2) is 6.29 Å². The Morgan fingerprint density at radius 1 is 1.67 bits per heavy atom. The molecule has 1 aromatic heterocycles. The number of aromatic nitrogens is 2. The number of aldehydes is 1. The number of ether oxygens (including phenoxy) is 1. The Morgan fingerprint density at radius 2 is 2.50 bits per heavy atom. The van der Waals surface area contributed by atoms with Crippen LogP contribution in [0.15, 0.2) is 6.33 Å². The number of hydrogen-bond acceptors (Lipinski definition) is 6. The Kier molecular flexibility index (Phi) is 4.46. The summed E-state index contributed by atoms with van der Waals surface area (Å²) in [6, 6.07) is 0. The van der Waals surface area contributed by atoms with Crippen LogP contribution in [0, 0.1) is 0 Å². The summed E-state index contributed by atoms with van der Waals surface area (Å²) in [4.78, 5) is 20.9. The Bertz CT molecular complexity index is 430. The van der Waals surface area contributed by atoms with Crippen molar-refractivity contribution in [2.24, 2.45) is 0 Å². The molecule has 1 N–H and O–H groups in total. The summed E-state index contributed by atoms with van der Waals surface area (Å²) in [6.45, 7) is 3.09. The molecule has 1 saturated heterocycles. The van der Waals surface area contributed by atoms with Gasteiger partial charge in [-0.2, -0.15) is 0 Å². The number of hydrogen-bond donors (Lipinski definition) is 1. The van der Waals surface area contributed by atoms with Gasteiger partial charge in [-0.1, -0.05) is 11.6 Å². The Morgan fingerprint density at radius 3 is 3.22 bits per heavy atom. The van der Waals surface area contributed by atoms with Gasteiger partial charge in [0.25, 0.3) is 0 Å². The van der Waals surface area contributed by atoms with Gasteiger partial charge >= 0.3 is 0 Å². The first-order chi connectivity index (χ1) is 8.70. The topological polar surface area (TPSA) is 67.3 Å². The van der Waals surface area contributed by atoms with Gasteiger partial charge in [-0.15, -0.1) is 0 Å². The van der Waals surface area contributed by atoms with E-state index >= 15 is 0 Å². The van der Waals surface area contributed by atoms with Crippen LogP contribution in [0.3, 0.4) is 0 Å². The summed E-state index contributed by atoms with van der Waals surface area (Å²) >= 11 is 5.81. The fraction of sp³-hybridized carbons (Fsp3) is 0.545. The van der Waals surface area contributed by atoms with Crippen LogP contribution in [0.25, 0.3) is 0 Å². The van der Waals surface area contributed by atoms with Crippen LogP contribution < -0.4 is 5.32 Å². The molecule has 1 fully saturated rings. The van der Waals surface area contributed by atoms with Crippen molar-refractivity contribution in [3.05, 3.63) is 17.0 Å². The molecule has 1 aromatic rings. The molecule has 0 saturated carbocycles. The Labute approximate surface area is 110 Å². The van der Waals surface area contributed by atoms with E-state index in [1.807, 2.05) is 7.05 Å². The highest BCUT2D eigenvalue weighted by Crippen LogP contribution is 2.17. The van der Waals surface area contributed by atoms with E-state index in [1.54, 1.807) is 0 Å². The minimum absolute atomic E-state index is 0.0805. The quantitative estimate of drug-likeness (QED) is 0.641. The van der Waals surface area contributed by atoms with Crippen molar-refractivity contribution in [3.63, 3.8) is 0 Å². The second-order valence-electron chi connectivity index (χ2n) is 4.18. The lowest BCUT2D eigenvalue weighted by atomic mass is 10.2. The second kappa shape index (κ2) is 6.08. The third-order valence-electron chi connectivity index (χ3n) is 2.79. The second-order valence-corrected chi connectivity index (χ2v) is 4.54. The first-order valence-electron chi connectivity index (χ1n) is 5.70. The highest BCUT2D eigenvalue weighted by atomic mass is 35.5. The first-order valence-corrected chi connectivity index (χ1v) is 6.08. The zero-order chi connectivity index (χ0) is 13.0. The molecule has 2 heterocycles. The van der Waals surface area contributed by atoms with Gasteiger partial charge in [0.2, 0.25) is 0 Å². The van der Waals surface area contributed by atoms with Crippen LogP contribution in [-0.2, 0) is 4.74 Å². The van der Waals surface area contributed by atoms with Gasteiger partial charge in [0, 0.05) is 19.6 Å². The molecule has 0 radical (unpaired) electrons. The SMILES string of the molecule is CN1CCOC(CNc2ncnc(Cl)c2C=O)C1. The number of nitrogens with zero attached hydrogens (tertiary/aromatic N) is 3. The highest BCUT2D eigenvalue weighted by molar-refractivity contribution is 6.32. The molecule has 18 heavy (non-hydrogen) atoms. The minimum atomic E-state index is 0.0805. The Balaban J connectivity index is 1.97. The van der Waals surface area contributed by atoms with Crippen molar-refractivity contribution in [3.8, 4) is 0 Å². The van der Waals surface area contributed by atoms with Crippen LogP contribution in [0.1, 0.15) is 10.4 Å². The lowest BCUT2D eigenvalue weighted by molar-refractivity contribution is -0.0117. The molecule has 0 aliphatic carbocycles. The normalized spacial score (nSPS) is 20.7. The maximum atomic E-state index is 10.9. The average Bonchev–Trinajstić information content (AvgIpc) is 2.36. The molecule has 0 spiro atoms. The zero-order valence-electron chi connectivity index (χ0n) is 10.1. The number of morpholine rings is 1. The van der Waals surface area contributed by atoms with Crippen molar-refractivity contribution < 1.29 is 9.53 Å². The summed E-state index contributed by atoms with van der Waals surface area (Å²) in [5, 5.41) is 3.23. The molecule has 1 unspecified atom stereocenters. The van der Waals surface area contributed by atoms with E-state index in [2.05, 4.69) is 20.2 Å². The van der Waals surface area contributed by atoms with Crippen molar-refractivity contribution in [1.82, 2.24) is 14.9 Å². The standard InChI is InChI=1S/C11H15ClN4O2/c1-16-2-3-18-8(5-16)4-13-11-9(6-17)10(12)14-7-15-11/h6-8H,2-5H2,1H3,(H,13,14,15). The van der Waals surface area contributed by atoms with Gasteiger partial charge in [0.1, 0.15) is 17.3 Å². The summed E-state index contributed by atoms with van der Waals surface area (Å²) in [6.07, 6.45) is 2.06. The molecule has 98 valence electrons. The third kappa shape index (κ3) is 3.16. The van der Waals surface area contributed by atoms with E-state index < -0.39 is 0 Å². The van der Waals surface area contributed by atoms with Gasteiger partial charge in [-0.3, -0.25) is 4.79 Å². The van der Waals surface area contributed by atoms with Crippen LogP contribution >= 0.6 is 11.6 Å². The Hall–Kier alpha value is -1.24. The molecule has 0 amide bonds. The van der Waals surface area contributed by atoms with Crippen LogP contribution in [-0.4, -0.2) is 60.5 Å². The largest absolute Gasteiger partial charge is 0.374 e. The molecule has 1 aliphatic heterocycles. The van der Waals surface area contributed by atoms with E-state index in [-0.39, 0.29) is 16.8 Å². The number of nitrogens with one attached hydrogen (secondary N) is 1.